The molecule has 2 unspecified atom stereocenters. The number of piperazine rings is 1. The fourth-order valence-electron chi connectivity index (χ4n) is 3.26. The third kappa shape index (κ3) is 3.61. The summed E-state index contributed by atoms with van der Waals surface area (Å²) in [5.41, 5.74) is 0. The molecule has 2 atom stereocenters. The lowest BCUT2D eigenvalue weighted by Crippen LogP contribution is -2.55. The van der Waals surface area contributed by atoms with Crippen molar-refractivity contribution >= 4 is 18.3 Å². The molecular formula is C14H26ClN3O. The Balaban J connectivity index is 0.00000133. The number of amides is 1. The van der Waals surface area contributed by atoms with Gasteiger partial charge >= 0.3 is 0 Å². The normalized spacial score (nSPS) is 32.8. The van der Waals surface area contributed by atoms with Crippen molar-refractivity contribution < 1.29 is 4.79 Å². The number of hydrogen-bond acceptors (Lipinski definition) is 3. The summed E-state index contributed by atoms with van der Waals surface area (Å²) in [5, 5.41) is 3.39. The van der Waals surface area contributed by atoms with Gasteiger partial charge in [-0.25, -0.2) is 0 Å². The molecule has 5 heteroatoms. The first kappa shape index (κ1) is 15.1. The summed E-state index contributed by atoms with van der Waals surface area (Å²) in [5.74, 6) is 1.03. The van der Waals surface area contributed by atoms with Crippen molar-refractivity contribution in [3.05, 3.63) is 0 Å². The van der Waals surface area contributed by atoms with Gasteiger partial charge in [0.05, 0.1) is 6.04 Å². The number of hydrogen-bond donors (Lipinski definition) is 1. The minimum atomic E-state index is 0. The van der Waals surface area contributed by atoms with Crippen LogP contribution in [0.3, 0.4) is 0 Å². The quantitative estimate of drug-likeness (QED) is 0.826. The lowest BCUT2D eigenvalue weighted by Gasteiger charge is -2.38. The summed E-state index contributed by atoms with van der Waals surface area (Å²) in [6, 6.07) is 0.927. The van der Waals surface area contributed by atoms with Gasteiger partial charge < -0.3 is 10.2 Å². The van der Waals surface area contributed by atoms with E-state index in [1.807, 2.05) is 0 Å². The van der Waals surface area contributed by atoms with Gasteiger partial charge in [0.15, 0.2) is 0 Å². The summed E-state index contributed by atoms with van der Waals surface area (Å²) >= 11 is 0. The molecule has 0 spiro atoms. The Labute approximate surface area is 122 Å². The van der Waals surface area contributed by atoms with Crippen LogP contribution in [0, 0.1) is 5.92 Å². The Morgan fingerprint density at radius 1 is 1.11 bits per heavy atom. The second-order valence-corrected chi connectivity index (χ2v) is 6.23. The van der Waals surface area contributed by atoms with Crippen LogP contribution in [-0.4, -0.2) is 60.5 Å². The highest BCUT2D eigenvalue weighted by Crippen LogP contribution is 2.27. The number of halogens is 1. The molecule has 110 valence electrons. The minimum Gasteiger partial charge on any atom is -0.339 e. The molecular weight excluding hydrogens is 262 g/mol. The Kier molecular flexibility index (Phi) is 5.09. The Bertz CT molecular complexity index is 314. The maximum atomic E-state index is 12.4. The zero-order valence-corrected chi connectivity index (χ0v) is 12.6. The van der Waals surface area contributed by atoms with Crippen LogP contribution in [-0.2, 0) is 4.79 Å². The second-order valence-electron chi connectivity index (χ2n) is 6.23. The molecule has 3 fully saturated rings. The van der Waals surface area contributed by atoms with Gasteiger partial charge in [-0.1, -0.05) is 6.92 Å². The molecule has 4 nitrogen and oxygen atoms in total. The van der Waals surface area contributed by atoms with Crippen LogP contribution in [0.25, 0.3) is 0 Å². The molecule has 0 aromatic rings. The first-order chi connectivity index (χ1) is 8.74. The predicted octanol–water partition coefficient (Wildman–Crippen LogP) is 1.10. The van der Waals surface area contributed by atoms with Gasteiger partial charge in [0.1, 0.15) is 0 Å². The van der Waals surface area contributed by atoms with Crippen molar-refractivity contribution in [2.24, 2.45) is 5.92 Å². The van der Waals surface area contributed by atoms with Crippen LogP contribution in [0.1, 0.15) is 32.6 Å². The molecule has 2 aliphatic heterocycles. The molecule has 19 heavy (non-hydrogen) atoms. The van der Waals surface area contributed by atoms with E-state index in [9.17, 15) is 4.79 Å². The van der Waals surface area contributed by atoms with Gasteiger partial charge in [-0.2, -0.15) is 0 Å². The third-order valence-electron chi connectivity index (χ3n) is 4.65. The van der Waals surface area contributed by atoms with Crippen molar-refractivity contribution in [1.29, 1.82) is 0 Å². The van der Waals surface area contributed by atoms with Crippen molar-refractivity contribution in [2.75, 3.05) is 32.7 Å². The van der Waals surface area contributed by atoms with E-state index < -0.39 is 0 Å². The topological polar surface area (TPSA) is 35.6 Å². The van der Waals surface area contributed by atoms with Gasteiger partial charge in [0.2, 0.25) is 5.91 Å². The van der Waals surface area contributed by atoms with Crippen LogP contribution in [0.5, 0.6) is 0 Å². The van der Waals surface area contributed by atoms with Gasteiger partial charge in [0.25, 0.3) is 0 Å². The van der Waals surface area contributed by atoms with E-state index in [1.54, 1.807) is 0 Å². The van der Waals surface area contributed by atoms with Crippen LogP contribution in [0.4, 0.5) is 0 Å². The molecule has 3 rings (SSSR count). The van der Waals surface area contributed by atoms with Crippen LogP contribution >= 0.6 is 12.4 Å². The first-order valence-electron chi connectivity index (χ1n) is 7.50. The molecule has 0 aromatic carbocycles. The van der Waals surface area contributed by atoms with E-state index in [1.165, 1.54) is 19.3 Å². The smallest absolute Gasteiger partial charge is 0.239 e. The zero-order chi connectivity index (χ0) is 12.5. The van der Waals surface area contributed by atoms with Gasteiger partial charge in [0, 0.05) is 32.2 Å². The number of rotatable bonds is 2. The van der Waals surface area contributed by atoms with Crippen molar-refractivity contribution in [3.8, 4) is 0 Å². The molecule has 1 aliphatic carbocycles. The molecule has 1 N–H and O–H groups in total. The second kappa shape index (κ2) is 6.42. The highest BCUT2D eigenvalue weighted by molar-refractivity contribution is 5.85. The molecule has 0 radical (unpaired) electrons. The monoisotopic (exact) mass is 287 g/mol. The van der Waals surface area contributed by atoms with Crippen molar-refractivity contribution in [2.45, 2.75) is 44.7 Å². The molecule has 2 saturated heterocycles. The predicted molar refractivity (Wildman–Crippen MR) is 78.6 cm³/mol. The molecule has 1 saturated carbocycles. The summed E-state index contributed by atoms with van der Waals surface area (Å²) in [6.45, 7) is 7.28. The summed E-state index contributed by atoms with van der Waals surface area (Å²) in [4.78, 5) is 17.1. The Morgan fingerprint density at radius 3 is 2.37 bits per heavy atom. The highest BCUT2D eigenvalue weighted by atomic mass is 35.5. The number of piperidine rings is 1. The van der Waals surface area contributed by atoms with E-state index in [0.29, 0.717) is 11.8 Å². The van der Waals surface area contributed by atoms with Crippen LogP contribution in [0.15, 0.2) is 0 Å². The SMILES string of the molecule is CC1CCNC(C(=O)N2CCN(C3CC3)CC2)C1.Cl. The third-order valence-corrected chi connectivity index (χ3v) is 4.65. The molecule has 2 heterocycles. The number of carbonyl (C=O) groups excluding carboxylic acids is 1. The van der Waals surface area contributed by atoms with E-state index in [4.69, 9.17) is 0 Å². The maximum absolute atomic E-state index is 12.4. The van der Waals surface area contributed by atoms with Gasteiger partial charge in [-0.05, 0) is 38.1 Å². The van der Waals surface area contributed by atoms with Gasteiger partial charge in [-0.15, -0.1) is 12.4 Å². The Hall–Kier alpha value is -0.320. The van der Waals surface area contributed by atoms with Crippen LogP contribution in [0.2, 0.25) is 0 Å². The standard InChI is InChI=1S/C14H25N3O.ClH/c1-11-4-5-15-13(10-11)14(18)17-8-6-16(7-9-17)12-2-3-12;/h11-13,15H,2-10H2,1H3;1H. The summed E-state index contributed by atoms with van der Waals surface area (Å²) in [6.07, 6.45) is 4.96. The lowest BCUT2D eigenvalue weighted by atomic mass is 9.93. The highest BCUT2D eigenvalue weighted by Gasteiger charge is 2.34. The molecule has 0 bridgehead atoms. The summed E-state index contributed by atoms with van der Waals surface area (Å²) < 4.78 is 0. The van der Waals surface area contributed by atoms with E-state index in [-0.39, 0.29) is 18.4 Å². The number of nitrogens with zero attached hydrogens (tertiary/aromatic N) is 2. The molecule has 0 aromatic heterocycles. The minimum absolute atomic E-state index is 0. The number of carbonyl (C=O) groups is 1. The van der Waals surface area contributed by atoms with E-state index >= 15 is 0 Å². The van der Waals surface area contributed by atoms with Crippen LogP contribution < -0.4 is 5.32 Å². The van der Waals surface area contributed by atoms with Gasteiger partial charge in [-0.3, -0.25) is 9.69 Å². The maximum Gasteiger partial charge on any atom is 0.239 e. The zero-order valence-electron chi connectivity index (χ0n) is 11.8. The average molecular weight is 288 g/mol. The fraction of sp³-hybridized carbons (Fsp3) is 0.929. The molecule has 1 amide bonds. The fourth-order valence-corrected chi connectivity index (χ4v) is 3.26. The summed E-state index contributed by atoms with van der Waals surface area (Å²) in [7, 11) is 0. The molecule has 3 aliphatic rings. The first-order valence-corrected chi connectivity index (χ1v) is 7.50. The largest absolute Gasteiger partial charge is 0.339 e. The lowest BCUT2D eigenvalue weighted by molar-refractivity contribution is -0.136. The average Bonchev–Trinajstić information content (AvgIpc) is 3.22. The van der Waals surface area contributed by atoms with E-state index in [2.05, 4.69) is 22.0 Å². The van der Waals surface area contributed by atoms with E-state index in [0.717, 1.165) is 45.2 Å². The number of nitrogens with one attached hydrogen (secondary N) is 1. The van der Waals surface area contributed by atoms with Crippen molar-refractivity contribution in [3.63, 3.8) is 0 Å². The Morgan fingerprint density at radius 2 is 1.79 bits per heavy atom. The van der Waals surface area contributed by atoms with Crippen molar-refractivity contribution in [1.82, 2.24) is 15.1 Å².